The van der Waals surface area contributed by atoms with Crippen molar-refractivity contribution in [3.63, 3.8) is 0 Å². The van der Waals surface area contributed by atoms with Gasteiger partial charge < -0.3 is 4.74 Å². The van der Waals surface area contributed by atoms with Gasteiger partial charge in [-0.1, -0.05) is 0 Å². The minimum Gasteiger partial charge on any atom is -0.431 e. The Morgan fingerprint density at radius 3 is 2.82 bits per heavy atom. The van der Waals surface area contributed by atoms with Crippen molar-refractivity contribution in [2.24, 2.45) is 5.92 Å². The van der Waals surface area contributed by atoms with E-state index in [1.807, 2.05) is 0 Å². The maximum absolute atomic E-state index is 10.6. The Hall–Kier alpha value is -0.790. The fourth-order valence-corrected chi connectivity index (χ4v) is 2.05. The molecule has 0 amide bonds. The summed E-state index contributed by atoms with van der Waals surface area (Å²) in [6, 6.07) is 0. The second kappa shape index (κ2) is 2.36. The van der Waals surface area contributed by atoms with Gasteiger partial charge in [-0.05, 0) is 30.8 Å². The summed E-state index contributed by atoms with van der Waals surface area (Å²) in [6.45, 7) is 1.47. The largest absolute Gasteiger partial charge is 0.431 e. The van der Waals surface area contributed by atoms with Crippen molar-refractivity contribution in [3.8, 4) is 0 Å². The molecular weight excluding hydrogens is 140 g/mol. The molecule has 2 nitrogen and oxygen atoms in total. The van der Waals surface area contributed by atoms with Crippen LogP contribution < -0.4 is 0 Å². The smallest absolute Gasteiger partial charge is 0.307 e. The van der Waals surface area contributed by atoms with Crippen molar-refractivity contribution < 1.29 is 9.53 Å². The zero-order chi connectivity index (χ0) is 7.84. The molecule has 2 aliphatic carbocycles. The Morgan fingerprint density at radius 1 is 1.55 bits per heavy atom. The van der Waals surface area contributed by atoms with Crippen LogP contribution in [-0.2, 0) is 9.53 Å². The van der Waals surface area contributed by atoms with E-state index in [4.69, 9.17) is 4.74 Å². The van der Waals surface area contributed by atoms with Gasteiger partial charge in [0.15, 0.2) is 0 Å². The molecular formula is C9H12O2. The Balaban J connectivity index is 2.09. The lowest BCUT2D eigenvalue weighted by molar-refractivity contribution is -0.137. The molecule has 2 aliphatic rings. The third kappa shape index (κ3) is 1.17. The van der Waals surface area contributed by atoms with Gasteiger partial charge in [0.05, 0.1) is 0 Å². The standard InChI is InChI=1S/C9H12O2/c1-6(10)11-9-5-7-2-3-8(9)4-7/h7H,2-5H2,1H3. The molecule has 0 heterocycles. The quantitative estimate of drug-likeness (QED) is 0.537. The third-order valence-electron chi connectivity index (χ3n) is 2.52. The molecule has 0 N–H and O–H groups in total. The zero-order valence-corrected chi connectivity index (χ0v) is 6.72. The molecule has 1 saturated carbocycles. The highest BCUT2D eigenvalue weighted by molar-refractivity contribution is 5.67. The normalized spacial score (nSPS) is 27.9. The van der Waals surface area contributed by atoms with E-state index < -0.39 is 0 Å². The number of carbonyl (C=O) groups is 1. The first-order valence-electron chi connectivity index (χ1n) is 4.15. The highest BCUT2D eigenvalue weighted by Crippen LogP contribution is 2.44. The zero-order valence-electron chi connectivity index (χ0n) is 6.72. The van der Waals surface area contributed by atoms with Crippen molar-refractivity contribution in [1.29, 1.82) is 0 Å². The summed E-state index contributed by atoms with van der Waals surface area (Å²) in [7, 11) is 0. The Bertz CT molecular complexity index is 228. The fourth-order valence-electron chi connectivity index (χ4n) is 2.05. The molecule has 11 heavy (non-hydrogen) atoms. The van der Waals surface area contributed by atoms with Gasteiger partial charge in [0, 0.05) is 13.3 Å². The van der Waals surface area contributed by atoms with Crippen LogP contribution in [-0.4, -0.2) is 5.97 Å². The van der Waals surface area contributed by atoms with E-state index >= 15 is 0 Å². The predicted octanol–water partition coefficient (Wildman–Crippen LogP) is 2.01. The lowest BCUT2D eigenvalue weighted by atomic mass is 10.1. The maximum atomic E-state index is 10.6. The number of ether oxygens (including phenoxy) is 1. The van der Waals surface area contributed by atoms with Crippen molar-refractivity contribution in [3.05, 3.63) is 11.3 Å². The van der Waals surface area contributed by atoms with Gasteiger partial charge in [-0.3, -0.25) is 4.79 Å². The molecule has 2 rings (SSSR count). The average molecular weight is 152 g/mol. The predicted molar refractivity (Wildman–Crippen MR) is 40.8 cm³/mol. The summed E-state index contributed by atoms with van der Waals surface area (Å²) in [6.07, 6.45) is 4.66. The molecule has 2 bridgehead atoms. The van der Waals surface area contributed by atoms with Gasteiger partial charge in [0.2, 0.25) is 0 Å². The average Bonchev–Trinajstić information content (AvgIpc) is 2.45. The first-order chi connectivity index (χ1) is 5.25. The van der Waals surface area contributed by atoms with Gasteiger partial charge in [0.1, 0.15) is 5.76 Å². The summed E-state index contributed by atoms with van der Waals surface area (Å²) in [5.74, 6) is 1.60. The minimum atomic E-state index is -0.167. The van der Waals surface area contributed by atoms with Crippen molar-refractivity contribution in [1.82, 2.24) is 0 Å². The van der Waals surface area contributed by atoms with E-state index in [0.717, 1.165) is 24.5 Å². The number of hydrogen-bond acceptors (Lipinski definition) is 2. The van der Waals surface area contributed by atoms with Crippen LogP contribution in [0.1, 0.15) is 32.6 Å². The molecule has 1 fully saturated rings. The summed E-state index contributed by atoms with van der Waals surface area (Å²) in [5.41, 5.74) is 1.39. The van der Waals surface area contributed by atoms with Gasteiger partial charge >= 0.3 is 5.97 Å². The maximum Gasteiger partial charge on any atom is 0.307 e. The molecule has 0 saturated heterocycles. The van der Waals surface area contributed by atoms with E-state index in [1.54, 1.807) is 0 Å². The third-order valence-corrected chi connectivity index (χ3v) is 2.52. The van der Waals surface area contributed by atoms with E-state index in [1.165, 1.54) is 25.3 Å². The fraction of sp³-hybridized carbons (Fsp3) is 0.667. The van der Waals surface area contributed by atoms with Crippen LogP contribution in [0.2, 0.25) is 0 Å². The van der Waals surface area contributed by atoms with Crippen LogP contribution in [0.25, 0.3) is 0 Å². The molecule has 1 unspecified atom stereocenters. The molecule has 0 aromatic heterocycles. The van der Waals surface area contributed by atoms with E-state index in [2.05, 4.69) is 0 Å². The Kier molecular flexibility index (Phi) is 1.48. The second-order valence-corrected chi connectivity index (χ2v) is 3.43. The number of hydrogen-bond donors (Lipinski definition) is 0. The number of allylic oxidation sites excluding steroid dienone is 2. The molecule has 0 aliphatic heterocycles. The first-order valence-corrected chi connectivity index (χ1v) is 4.15. The highest BCUT2D eigenvalue weighted by atomic mass is 16.5. The highest BCUT2D eigenvalue weighted by Gasteiger charge is 2.31. The first kappa shape index (κ1) is 6.89. The monoisotopic (exact) mass is 152 g/mol. The molecule has 0 aromatic rings. The molecule has 0 radical (unpaired) electrons. The Morgan fingerprint density at radius 2 is 2.36 bits per heavy atom. The molecule has 1 atom stereocenters. The van der Waals surface area contributed by atoms with E-state index in [0.29, 0.717) is 0 Å². The van der Waals surface area contributed by atoms with Crippen molar-refractivity contribution in [2.75, 3.05) is 0 Å². The lowest BCUT2D eigenvalue weighted by Gasteiger charge is -2.10. The van der Waals surface area contributed by atoms with Gasteiger partial charge in [-0.2, -0.15) is 0 Å². The van der Waals surface area contributed by atoms with Gasteiger partial charge in [-0.25, -0.2) is 0 Å². The molecule has 60 valence electrons. The minimum absolute atomic E-state index is 0.167. The van der Waals surface area contributed by atoms with E-state index in [-0.39, 0.29) is 5.97 Å². The lowest BCUT2D eigenvalue weighted by Crippen LogP contribution is -2.02. The Labute approximate surface area is 66.2 Å². The second-order valence-electron chi connectivity index (χ2n) is 3.43. The summed E-state index contributed by atoms with van der Waals surface area (Å²) in [5, 5.41) is 0. The SMILES string of the molecule is CC(=O)OC1=C2CCC(C2)C1. The molecule has 0 aromatic carbocycles. The van der Waals surface area contributed by atoms with Crippen LogP contribution >= 0.6 is 0 Å². The van der Waals surface area contributed by atoms with E-state index in [9.17, 15) is 4.79 Å². The van der Waals surface area contributed by atoms with Crippen LogP contribution in [0.5, 0.6) is 0 Å². The van der Waals surface area contributed by atoms with Gasteiger partial charge in [0.25, 0.3) is 0 Å². The topological polar surface area (TPSA) is 26.3 Å². The number of rotatable bonds is 1. The number of esters is 1. The van der Waals surface area contributed by atoms with Crippen LogP contribution in [0.4, 0.5) is 0 Å². The summed E-state index contributed by atoms with van der Waals surface area (Å²) in [4.78, 5) is 10.6. The summed E-state index contributed by atoms with van der Waals surface area (Å²) >= 11 is 0. The van der Waals surface area contributed by atoms with Crippen LogP contribution in [0, 0.1) is 5.92 Å². The summed E-state index contributed by atoms with van der Waals surface area (Å²) < 4.78 is 5.09. The van der Waals surface area contributed by atoms with Crippen LogP contribution in [0.15, 0.2) is 11.3 Å². The van der Waals surface area contributed by atoms with Crippen molar-refractivity contribution in [2.45, 2.75) is 32.6 Å². The van der Waals surface area contributed by atoms with Crippen molar-refractivity contribution >= 4 is 5.97 Å². The van der Waals surface area contributed by atoms with Crippen LogP contribution in [0.3, 0.4) is 0 Å². The number of fused-ring (bicyclic) bond motifs is 2. The van der Waals surface area contributed by atoms with Gasteiger partial charge in [-0.15, -0.1) is 0 Å². The molecule has 2 heteroatoms. The number of carbonyl (C=O) groups excluding carboxylic acids is 1. The molecule has 0 spiro atoms.